The van der Waals surface area contributed by atoms with Gasteiger partial charge >= 0.3 is 0 Å². The van der Waals surface area contributed by atoms with Crippen LogP contribution in [0, 0.1) is 5.82 Å². The molecule has 152 valence electrons. The standard InChI is InChI=1S/C23H19ClFN3OS/c1-2-3-10-26-23(29)14-4-8-21-19(11-14)28-22(18-7-5-15(24)13-27-18)17-12-16(25)6-9-20(17)30-21/h4-9,11-13H,2-3,10H2,1H3,(H,26,29). The van der Waals surface area contributed by atoms with E-state index < -0.39 is 0 Å². The number of nitrogens with one attached hydrogen (secondary N) is 1. The Bertz CT molecular complexity index is 1130. The van der Waals surface area contributed by atoms with Gasteiger partial charge in [-0.2, -0.15) is 0 Å². The van der Waals surface area contributed by atoms with Gasteiger partial charge in [-0.1, -0.05) is 36.7 Å². The van der Waals surface area contributed by atoms with Gasteiger partial charge in [0.1, 0.15) is 5.82 Å². The van der Waals surface area contributed by atoms with Gasteiger partial charge in [0.2, 0.25) is 0 Å². The molecule has 0 radical (unpaired) electrons. The van der Waals surface area contributed by atoms with Crippen molar-refractivity contribution in [1.82, 2.24) is 10.3 Å². The molecule has 3 aromatic rings. The monoisotopic (exact) mass is 439 g/mol. The second kappa shape index (κ2) is 8.98. The number of unbranched alkanes of at least 4 members (excludes halogenated alkanes) is 1. The van der Waals surface area contributed by atoms with Gasteiger partial charge in [0.15, 0.2) is 0 Å². The minimum atomic E-state index is -0.349. The van der Waals surface area contributed by atoms with Crippen molar-refractivity contribution in [2.75, 3.05) is 6.54 Å². The van der Waals surface area contributed by atoms with Gasteiger partial charge in [-0.05, 0) is 55.0 Å². The lowest BCUT2D eigenvalue weighted by atomic mass is 10.1. The molecule has 0 aliphatic carbocycles. The molecule has 0 atom stereocenters. The van der Waals surface area contributed by atoms with Gasteiger partial charge in [0, 0.05) is 33.7 Å². The molecule has 0 bridgehead atoms. The maximum atomic E-state index is 14.1. The molecule has 2 heterocycles. The van der Waals surface area contributed by atoms with E-state index in [-0.39, 0.29) is 11.7 Å². The third-order valence-electron chi connectivity index (χ3n) is 4.66. The van der Waals surface area contributed by atoms with E-state index in [4.69, 9.17) is 16.6 Å². The van der Waals surface area contributed by atoms with Crippen LogP contribution in [0.5, 0.6) is 0 Å². The van der Waals surface area contributed by atoms with Crippen LogP contribution in [0.1, 0.15) is 41.4 Å². The number of halogens is 2. The van der Waals surface area contributed by atoms with Crippen LogP contribution in [0.15, 0.2) is 69.5 Å². The van der Waals surface area contributed by atoms with Crippen molar-refractivity contribution in [3.63, 3.8) is 0 Å². The molecular formula is C23H19ClFN3OS. The molecule has 0 spiro atoms. The summed E-state index contributed by atoms with van der Waals surface area (Å²) in [6.07, 6.45) is 3.48. The maximum absolute atomic E-state index is 14.1. The summed E-state index contributed by atoms with van der Waals surface area (Å²) in [7, 11) is 0. The molecule has 0 saturated carbocycles. The molecule has 1 aromatic heterocycles. The van der Waals surface area contributed by atoms with Crippen LogP contribution in [-0.4, -0.2) is 23.1 Å². The first-order valence-corrected chi connectivity index (χ1v) is 10.8. The van der Waals surface area contributed by atoms with Crippen LogP contribution in [0.25, 0.3) is 0 Å². The molecule has 1 N–H and O–H groups in total. The summed E-state index contributed by atoms with van der Waals surface area (Å²) in [5.41, 5.74) is 2.95. The van der Waals surface area contributed by atoms with E-state index in [0.717, 1.165) is 22.6 Å². The number of hydrogen-bond acceptors (Lipinski definition) is 4. The summed E-state index contributed by atoms with van der Waals surface area (Å²) in [6, 6.07) is 13.5. The van der Waals surface area contributed by atoms with Crippen molar-refractivity contribution < 1.29 is 9.18 Å². The topological polar surface area (TPSA) is 54.4 Å². The Hall–Kier alpha value is -2.70. The Morgan fingerprint density at radius 2 is 1.97 bits per heavy atom. The minimum Gasteiger partial charge on any atom is -0.352 e. The summed E-state index contributed by atoms with van der Waals surface area (Å²) < 4.78 is 14.1. The van der Waals surface area contributed by atoms with E-state index in [1.807, 2.05) is 6.07 Å². The number of pyridine rings is 1. The number of aromatic nitrogens is 1. The average Bonchev–Trinajstić information content (AvgIpc) is 2.90. The van der Waals surface area contributed by atoms with E-state index in [1.54, 1.807) is 30.3 Å². The quantitative estimate of drug-likeness (QED) is 0.386. The van der Waals surface area contributed by atoms with Gasteiger partial charge < -0.3 is 5.32 Å². The molecular weight excluding hydrogens is 421 g/mol. The smallest absolute Gasteiger partial charge is 0.251 e. The first-order chi connectivity index (χ1) is 14.5. The van der Waals surface area contributed by atoms with Crippen molar-refractivity contribution >= 4 is 40.7 Å². The fourth-order valence-electron chi connectivity index (χ4n) is 3.10. The minimum absolute atomic E-state index is 0.134. The molecule has 1 amide bonds. The highest BCUT2D eigenvalue weighted by Crippen LogP contribution is 2.41. The van der Waals surface area contributed by atoms with Gasteiger partial charge in [0.05, 0.1) is 22.1 Å². The van der Waals surface area contributed by atoms with Crippen LogP contribution >= 0.6 is 23.4 Å². The first kappa shape index (κ1) is 20.6. The van der Waals surface area contributed by atoms with E-state index in [9.17, 15) is 9.18 Å². The van der Waals surface area contributed by atoms with Gasteiger partial charge in [-0.15, -0.1) is 0 Å². The molecule has 0 unspecified atom stereocenters. The fourth-order valence-corrected chi connectivity index (χ4v) is 4.20. The van der Waals surface area contributed by atoms with Gasteiger partial charge in [0.25, 0.3) is 5.91 Å². The predicted octanol–water partition coefficient (Wildman–Crippen LogP) is 6.04. The summed E-state index contributed by atoms with van der Waals surface area (Å²) in [4.78, 5) is 23.4. The third kappa shape index (κ3) is 4.40. The van der Waals surface area contributed by atoms with E-state index in [2.05, 4.69) is 17.2 Å². The third-order valence-corrected chi connectivity index (χ3v) is 6.02. The Morgan fingerprint density at radius 3 is 2.73 bits per heavy atom. The Labute approximate surface area is 183 Å². The van der Waals surface area contributed by atoms with E-state index >= 15 is 0 Å². The summed E-state index contributed by atoms with van der Waals surface area (Å²) in [6.45, 7) is 2.71. The van der Waals surface area contributed by atoms with Gasteiger partial charge in [-0.3, -0.25) is 9.78 Å². The van der Waals surface area contributed by atoms with Crippen LogP contribution in [0.3, 0.4) is 0 Å². The van der Waals surface area contributed by atoms with Crippen LogP contribution in [0.4, 0.5) is 10.1 Å². The molecule has 4 rings (SSSR count). The summed E-state index contributed by atoms with van der Waals surface area (Å²) in [5, 5.41) is 3.43. The van der Waals surface area contributed by atoms with Crippen LogP contribution < -0.4 is 5.32 Å². The van der Waals surface area contributed by atoms with Crippen molar-refractivity contribution in [3.8, 4) is 0 Å². The maximum Gasteiger partial charge on any atom is 0.251 e. The molecule has 7 heteroatoms. The normalized spacial score (nSPS) is 12.4. The number of carbonyl (C=O) groups is 1. The highest BCUT2D eigenvalue weighted by molar-refractivity contribution is 7.99. The van der Waals surface area contributed by atoms with Gasteiger partial charge in [-0.25, -0.2) is 9.38 Å². The summed E-state index contributed by atoms with van der Waals surface area (Å²) >= 11 is 7.47. The zero-order valence-electron chi connectivity index (χ0n) is 16.3. The van der Waals surface area contributed by atoms with Crippen molar-refractivity contribution in [2.45, 2.75) is 29.6 Å². The van der Waals surface area contributed by atoms with Crippen LogP contribution in [0.2, 0.25) is 5.02 Å². The van der Waals surface area contributed by atoms with Crippen LogP contribution in [-0.2, 0) is 0 Å². The molecule has 0 saturated heterocycles. The fraction of sp³-hybridized carbons (Fsp3) is 0.174. The average molecular weight is 440 g/mol. The Morgan fingerprint density at radius 1 is 1.13 bits per heavy atom. The SMILES string of the molecule is CCCCNC(=O)c1ccc2c(c1)N=C(c1ccc(Cl)cn1)c1cc(F)ccc1S2. The second-order valence-electron chi connectivity index (χ2n) is 6.86. The van der Waals surface area contributed by atoms with Crippen molar-refractivity contribution in [2.24, 2.45) is 4.99 Å². The summed E-state index contributed by atoms with van der Waals surface area (Å²) in [5.74, 6) is -0.483. The molecule has 2 aromatic carbocycles. The molecule has 4 nitrogen and oxygen atoms in total. The van der Waals surface area contributed by atoms with E-state index in [0.29, 0.717) is 39.8 Å². The Kier molecular flexibility index (Phi) is 6.16. The lowest BCUT2D eigenvalue weighted by Crippen LogP contribution is -2.24. The molecule has 0 fully saturated rings. The zero-order chi connectivity index (χ0) is 21.1. The highest BCUT2D eigenvalue weighted by atomic mass is 35.5. The zero-order valence-corrected chi connectivity index (χ0v) is 17.9. The molecule has 30 heavy (non-hydrogen) atoms. The first-order valence-electron chi connectivity index (χ1n) is 9.66. The number of hydrogen-bond donors (Lipinski definition) is 1. The number of carbonyl (C=O) groups excluding carboxylic acids is 1. The molecule has 1 aliphatic heterocycles. The predicted molar refractivity (Wildman–Crippen MR) is 119 cm³/mol. The highest BCUT2D eigenvalue weighted by Gasteiger charge is 2.21. The van der Waals surface area contributed by atoms with E-state index in [1.165, 1.54) is 30.1 Å². The van der Waals surface area contributed by atoms with Crippen molar-refractivity contribution in [3.05, 3.63) is 82.4 Å². The number of fused-ring (bicyclic) bond motifs is 2. The second-order valence-corrected chi connectivity index (χ2v) is 8.38. The number of amides is 1. The molecule has 1 aliphatic rings. The Balaban J connectivity index is 1.80. The largest absolute Gasteiger partial charge is 0.352 e. The number of nitrogens with zero attached hydrogens (tertiary/aromatic N) is 2. The lowest BCUT2D eigenvalue weighted by Gasteiger charge is -2.08. The van der Waals surface area contributed by atoms with Crippen molar-refractivity contribution in [1.29, 1.82) is 0 Å². The number of aliphatic imine (C=N–C) groups is 1. The number of benzene rings is 2. The lowest BCUT2D eigenvalue weighted by molar-refractivity contribution is 0.0953. The number of rotatable bonds is 5.